The van der Waals surface area contributed by atoms with Gasteiger partial charge in [-0.25, -0.2) is 4.79 Å². The molecule has 0 bridgehead atoms. The Bertz CT molecular complexity index is 569. The summed E-state index contributed by atoms with van der Waals surface area (Å²) in [5.74, 6) is -0.919. The highest BCUT2D eigenvalue weighted by Gasteiger charge is 2.19. The molecule has 22 heavy (non-hydrogen) atoms. The van der Waals surface area contributed by atoms with Crippen LogP contribution >= 0.6 is 15.9 Å². The Morgan fingerprint density at radius 2 is 2.05 bits per heavy atom. The molecule has 0 radical (unpaired) electrons. The van der Waals surface area contributed by atoms with Crippen LogP contribution in [0.15, 0.2) is 16.6 Å². The van der Waals surface area contributed by atoms with E-state index in [0.29, 0.717) is 24.2 Å². The Labute approximate surface area is 137 Å². The lowest BCUT2D eigenvalue weighted by atomic mass is 10.0. The van der Waals surface area contributed by atoms with E-state index >= 15 is 0 Å². The number of aromatic hydroxyl groups is 1. The molecule has 0 amide bonds. The molecule has 1 aliphatic rings. The third kappa shape index (κ3) is 4.06. The van der Waals surface area contributed by atoms with Crippen LogP contribution in [0, 0.1) is 0 Å². The maximum absolute atomic E-state index is 12.3. The minimum absolute atomic E-state index is 0.128. The highest BCUT2D eigenvalue weighted by molar-refractivity contribution is 9.10. The van der Waals surface area contributed by atoms with Gasteiger partial charge in [0, 0.05) is 26.1 Å². The molecule has 0 atom stereocenters. The fourth-order valence-electron chi connectivity index (χ4n) is 2.27. The molecule has 1 aliphatic heterocycles. The zero-order chi connectivity index (χ0) is 16.1. The Morgan fingerprint density at radius 3 is 2.68 bits per heavy atom. The molecule has 7 heteroatoms. The second-order valence-corrected chi connectivity index (χ2v) is 5.83. The topological polar surface area (TPSA) is 76.1 Å². The van der Waals surface area contributed by atoms with Gasteiger partial charge in [-0.2, -0.15) is 0 Å². The van der Waals surface area contributed by atoms with Gasteiger partial charge >= 0.3 is 5.97 Å². The van der Waals surface area contributed by atoms with Crippen LogP contribution in [-0.2, 0) is 9.47 Å². The predicted molar refractivity (Wildman–Crippen MR) is 83.4 cm³/mol. The van der Waals surface area contributed by atoms with Crippen molar-refractivity contribution in [3.05, 3.63) is 27.7 Å². The van der Waals surface area contributed by atoms with Crippen molar-refractivity contribution in [1.29, 1.82) is 0 Å². The molecule has 2 rings (SSSR count). The number of ether oxygens (including phenoxy) is 2. The van der Waals surface area contributed by atoms with Crippen molar-refractivity contribution in [2.24, 2.45) is 0 Å². The number of halogens is 1. The van der Waals surface area contributed by atoms with Crippen LogP contribution in [-0.4, -0.2) is 61.7 Å². The average molecular weight is 372 g/mol. The molecule has 120 valence electrons. The largest absolute Gasteiger partial charge is 0.506 e. The van der Waals surface area contributed by atoms with Crippen molar-refractivity contribution in [2.45, 2.75) is 6.42 Å². The van der Waals surface area contributed by atoms with E-state index in [2.05, 4.69) is 25.6 Å². The van der Waals surface area contributed by atoms with Crippen molar-refractivity contribution in [2.75, 3.05) is 40.0 Å². The van der Waals surface area contributed by atoms with Crippen LogP contribution in [0.25, 0.3) is 0 Å². The minimum atomic E-state index is -0.553. The Balaban J connectivity index is 2.10. The second-order valence-electron chi connectivity index (χ2n) is 4.97. The molecule has 6 nitrogen and oxygen atoms in total. The van der Waals surface area contributed by atoms with Crippen molar-refractivity contribution in [1.82, 2.24) is 4.90 Å². The molecule has 0 spiro atoms. The summed E-state index contributed by atoms with van der Waals surface area (Å²) in [5.41, 5.74) is 0.352. The van der Waals surface area contributed by atoms with E-state index in [1.54, 1.807) is 0 Å². The number of morpholine rings is 1. The quantitative estimate of drug-likeness (QED) is 0.628. The number of benzene rings is 1. The molecule has 0 aliphatic carbocycles. The highest BCUT2D eigenvalue weighted by Crippen LogP contribution is 2.30. The number of carbonyl (C=O) groups excluding carboxylic acids is 2. The van der Waals surface area contributed by atoms with Crippen molar-refractivity contribution in [3.63, 3.8) is 0 Å². The van der Waals surface area contributed by atoms with Crippen molar-refractivity contribution >= 4 is 27.7 Å². The molecular weight excluding hydrogens is 354 g/mol. The van der Waals surface area contributed by atoms with Gasteiger partial charge in [0.15, 0.2) is 5.78 Å². The van der Waals surface area contributed by atoms with Crippen LogP contribution in [0.2, 0.25) is 0 Å². The van der Waals surface area contributed by atoms with E-state index in [4.69, 9.17) is 4.74 Å². The molecule has 1 fully saturated rings. The number of nitrogens with zero attached hydrogens (tertiary/aromatic N) is 1. The summed E-state index contributed by atoms with van der Waals surface area (Å²) in [7, 11) is 1.27. The van der Waals surface area contributed by atoms with E-state index < -0.39 is 5.97 Å². The summed E-state index contributed by atoms with van der Waals surface area (Å²) in [4.78, 5) is 26.1. The van der Waals surface area contributed by atoms with Gasteiger partial charge in [-0.05, 0) is 28.1 Å². The summed E-state index contributed by atoms with van der Waals surface area (Å²) in [6, 6.07) is 2.80. The molecule has 1 heterocycles. The van der Waals surface area contributed by atoms with Crippen LogP contribution in [0.3, 0.4) is 0 Å². The molecule has 0 saturated carbocycles. The van der Waals surface area contributed by atoms with Crippen LogP contribution in [0.4, 0.5) is 0 Å². The van der Waals surface area contributed by atoms with E-state index in [-0.39, 0.29) is 29.1 Å². The number of hydrogen-bond donors (Lipinski definition) is 1. The lowest BCUT2D eigenvalue weighted by molar-refractivity contribution is 0.0370. The fraction of sp³-hybridized carbons (Fsp3) is 0.467. The zero-order valence-electron chi connectivity index (χ0n) is 12.3. The molecule has 0 aromatic heterocycles. The standard InChI is InChI=1S/C15H18BrNO5/c1-21-15(20)10-8-11(14(19)12(16)9-10)13(18)2-3-17-4-6-22-7-5-17/h8-9,19H,2-7H2,1H3. The first-order chi connectivity index (χ1) is 10.5. The number of ketones is 1. The first-order valence-corrected chi connectivity index (χ1v) is 7.76. The number of hydrogen-bond acceptors (Lipinski definition) is 6. The number of rotatable bonds is 5. The summed E-state index contributed by atoms with van der Waals surface area (Å²) < 4.78 is 10.2. The van der Waals surface area contributed by atoms with Gasteiger partial charge in [-0.3, -0.25) is 9.69 Å². The van der Waals surface area contributed by atoms with Gasteiger partial charge < -0.3 is 14.6 Å². The van der Waals surface area contributed by atoms with Gasteiger partial charge in [-0.1, -0.05) is 0 Å². The lowest BCUT2D eigenvalue weighted by Crippen LogP contribution is -2.37. The predicted octanol–water partition coefficient (Wildman–Crippen LogP) is 1.85. The second kappa shape index (κ2) is 7.71. The van der Waals surface area contributed by atoms with E-state index in [1.165, 1.54) is 19.2 Å². The number of esters is 1. The summed E-state index contributed by atoms with van der Waals surface area (Å²) in [5, 5.41) is 10.0. The summed E-state index contributed by atoms with van der Waals surface area (Å²) in [6.07, 6.45) is 0.268. The van der Waals surface area contributed by atoms with E-state index in [0.717, 1.165) is 13.1 Å². The number of carbonyl (C=O) groups is 2. The molecule has 1 N–H and O–H groups in total. The molecule has 1 aromatic rings. The summed E-state index contributed by atoms with van der Waals surface area (Å²) >= 11 is 3.15. The van der Waals surface area contributed by atoms with Crippen molar-refractivity contribution in [3.8, 4) is 5.75 Å². The minimum Gasteiger partial charge on any atom is -0.506 e. The molecule has 1 saturated heterocycles. The smallest absolute Gasteiger partial charge is 0.337 e. The van der Waals surface area contributed by atoms with E-state index in [9.17, 15) is 14.7 Å². The number of phenols is 1. The fourth-order valence-corrected chi connectivity index (χ4v) is 2.73. The first kappa shape index (κ1) is 16.9. The van der Waals surface area contributed by atoms with Gasteiger partial charge in [0.25, 0.3) is 0 Å². The van der Waals surface area contributed by atoms with Gasteiger partial charge in [0.2, 0.25) is 0 Å². The molecular formula is C15H18BrNO5. The lowest BCUT2D eigenvalue weighted by Gasteiger charge is -2.26. The van der Waals surface area contributed by atoms with Gasteiger partial charge in [0.1, 0.15) is 5.75 Å². The maximum atomic E-state index is 12.3. The van der Waals surface area contributed by atoms with Gasteiger partial charge in [-0.15, -0.1) is 0 Å². The van der Waals surface area contributed by atoms with Crippen LogP contribution < -0.4 is 0 Å². The molecule has 0 unspecified atom stereocenters. The normalized spacial score (nSPS) is 15.5. The van der Waals surface area contributed by atoms with Crippen LogP contribution in [0.1, 0.15) is 27.1 Å². The third-order valence-electron chi connectivity index (χ3n) is 3.54. The van der Waals surface area contributed by atoms with E-state index in [1.807, 2.05) is 0 Å². The zero-order valence-corrected chi connectivity index (χ0v) is 13.9. The number of Topliss-reactive ketones (excluding diaryl/α,β-unsaturated/α-hetero) is 1. The Hall–Kier alpha value is -1.44. The Morgan fingerprint density at radius 1 is 1.36 bits per heavy atom. The maximum Gasteiger partial charge on any atom is 0.337 e. The molecule has 1 aromatic carbocycles. The van der Waals surface area contributed by atoms with Gasteiger partial charge in [0.05, 0.1) is 35.9 Å². The number of phenolic OH excluding ortho intramolecular Hbond substituents is 1. The third-order valence-corrected chi connectivity index (χ3v) is 4.15. The van der Waals surface area contributed by atoms with Crippen molar-refractivity contribution < 1.29 is 24.2 Å². The highest BCUT2D eigenvalue weighted by atomic mass is 79.9. The monoisotopic (exact) mass is 371 g/mol. The van der Waals surface area contributed by atoms with Crippen LogP contribution in [0.5, 0.6) is 5.75 Å². The first-order valence-electron chi connectivity index (χ1n) is 6.97. The SMILES string of the molecule is COC(=O)c1cc(Br)c(O)c(C(=O)CCN2CCOCC2)c1. The Kier molecular flexibility index (Phi) is 5.93. The number of methoxy groups -OCH3 is 1. The summed E-state index contributed by atoms with van der Waals surface area (Å²) in [6.45, 7) is 3.53. The average Bonchev–Trinajstić information content (AvgIpc) is 2.55.